The summed E-state index contributed by atoms with van der Waals surface area (Å²) < 4.78 is 1.72. The Morgan fingerprint density at radius 3 is 2.75 bits per heavy atom. The second-order valence-corrected chi connectivity index (χ2v) is 5.03. The second-order valence-electron chi connectivity index (χ2n) is 4.19. The third-order valence-corrected chi connectivity index (χ3v) is 3.53. The summed E-state index contributed by atoms with van der Waals surface area (Å²) in [5.41, 5.74) is 1.88. The molecule has 100 valence electrons. The molecule has 3 aromatic rings. The van der Waals surface area contributed by atoms with Crippen LogP contribution in [0.25, 0.3) is 16.7 Å². The average Bonchev–Trinajstić information content (AvgIpc) is 2.85. The van der Waals surface area contributed by atoms with Crippen molar-refractivity contribution < 1.29 is 9.90 Å². The van der Waals surface area contributed by atoms with Crippen LogP contribution in [-0.4, -0.2) is 20.6 Å². The summed E-state index contributed by atoms with van der Waals surface area (Å²) in [5.74, 6) is -1.02. The molecule has 1 N–H and O–H groups in total. The largest absolute Gasteiger partial charge is 0.478 e. The quantitative estimate of drug-likeness (QED) is 0.777. The maximum atomic E-state index is 11.2. The third kappa shape index (κ3) is 2.03. The van der Waals surface area contributed by atoms with E-state index in [0.29, 0.717) is 26.8 Å². The number of carboxylic acids is 1. The molecule has 6 heteroatoms. The van der Waals surface area contributed by atoms with E-state index in [1.807, 2.05) is 0 Å². The summed E-state index contributed by atoms with van der Waals surface area (Å²) in [6.45, 7) is 0. The minimum atomic E-state index is -1.02. The van der Waals surface area contributed by atoms with Crippen LogP contribution >= 0.6 is 23.2 Å². The molecule has 0 spiro atoms. The minimum absolute atomic E-state index is 0.152. The summed E-state index contributed by atoms with van der Waals surface area (Å²) in [6.07, 6.45) is 1.54. The van der Waals surface area contributed by atoms with E-state index in [0.717, 1.165) is 0 Å². The fourth-order valence-corrected chi connectivity index (χ4v) is 2.45. The smallest absolute Gasteiger partial charge is 0.337 e. The number of rotatable bonds is 2. The van der Waals surface area contributed by atoms with Gasteiger partial charge in [-0.05, 0) is 30.3 Å². The molecule has 0 amide bonds. The van der Waals surface area contributed by atoms with E-state index in [1.165, 1.54) is 12.4 Å². The maximum absolute atomic E-state index is 11.2. The van der Waals surface area contributed by atoms with Crippen molar-refractivity contribution in [2.24, 2.45) is 0 Å². The van der Waals surface area contributed by atoms with Crippen molar-refractivity contribution in [3.8, 4) is 5.69 Å². The van der Waals surface area contributed by atoms with Crippen LogP contribution < -0.4 is 0 Å². The van der Waals surface area contributed by atoms with Gasteiger partial charge in [0.1, 0.15) is 11.8 Å². The van der Waals surface area contributed by atoms with Crippen molar-refractivity contribution in [2.45, 2.75) is 0 Å². The Morgan fingerprint density at radius 1 is 1.20 bits per heavy atom. The van der Waals surface area contributed by atoms with Crippen molar-refractivity contribution >= 4 is 40.2 Å². The number of carboxylic acid groups (broad SMARTS) is 1. The number of carbonyl (C=O) groups is 1. The normalized spacial score (nSPS) is 10.9. The Kier molecular flexibility index (Phi) is 3.12. The van der Waals surface area contributed by atoms with Crippen molar-refractivity contribution in [3.05, 3.63) is 58.3 Å². The van der Waals surface area contributed by atoms with Gasteiger partial charge in [-0.2, -0.15) is 0 Å². The molecule has 1 aromatic heterocycles. The maximum Gasteiger partial charge on any atom is 0.337 e. The zero-order valence-corrected chi connectivity index (χ0v) is 11.6. The number of aromatic carboxylic acids is 1. The highest BCUT2D eigenvalue weighted by molar-refractivity contribution is 6.34. The molecule has 0 atom stereocenters. The number of hydrogen-bond donors (Lipinski definition) is 1. The number of para-hydroxylation sites is 1. The lowest BCUT2D eigenvalue weighted by molar-refractivity contribution is 0.0699. The van der Waals surface area contributed by atoms with Crippen LogP contribution in [0.1, 0.15) is 10.4 Å². The summed E-state index contributed by atoms with van der Waals surface area (Å²) in [7, 11) is 0. The molecule has 0 bridgehead atoms. The third-order valence-electron chi connectivity index (χ3n) is 2.97. The molecule has 3 rings (SSSR count). The number of aromatic nitrogens is 2. The molecule has 0 aliphatic heterocycles. The number of imidazole rings is 1. The molecule has 4 nitrogen and oxygen atoms in total. The van der Waals surface area contributed by atoms with Crippen LogP contribution in [0.3, 0.4) is 0 Å². The monoisotopic (exact) mass is 306 g/mol. The van der Waals surface area contributed by atoms with Gasteiger partial charge in [-0.3, -0.25) is 4.57 Å². The van der Waals surface area contributed by atoms with E-state index in [-0.39, 0.29) is 5.56 Å². The van der Waals surface area contributed by atoms with E-state index >= 15 is 0 Å². The molecule has 0 fully saturated rings. The van der Waals surface area contributed by atoms with Crippen LogP contribution in [0.4, 0.5) is 0 Å². The van der Waals surface area contributed by atoms with Gasteiger partial charge in [-0.1, -0.05) is 29.3 Å². The van der Waals surface area contributed by atoms with Crippen molar-refractivity contribution in [3.63, 3.8) is 0 Å². The molecule has 0 saturated heterocycles. The molecule has 2 aromatic carbocycles. The summed E-state index contributed by atoms with van der Waals surface area (Å²) >= 11 is 12.1. The van der Waals surface area contributed by atoms with Crippen molar-refractivity contribution in [2.75, 3.05) is 0 Å². The van der Waals surface area contributed by atoms with Crippen LogP contribution in [0.15, 0.2) is 42.7 Å². The first kappa shape index (κ1) is 13.0. The number of nitrogens with zero attached hydrogens (tertiary/aromatic N) is 2. The standard InChI is InChI=1S/C14H8Cl2N2O2/c15-8-4-5-10(16)12(6-8)18-7-17-13-9(14(19)20)2-1-3-11(13)18/h1-7H,(H,19,20). The van der Waals surface area contributed by atoms with Gasteiger partial charge >= 0.3 is 5.97 Å². The molecule has 0 saturated carbocycles. The molecule has 0 radical (unpaired) electrons. The molecule has 0 aliphatic rings. The van der Waals surface area contributed by atoms with E-state index in [4.69, 9.17) is 28.3 Å². The minimum Gasteiger partial charge on any atom is -0.478 e. The van der Waals surface area contributed by atoms with Gasteiger partial charge in [0.2, 0.25) is 0 Å². The predicted molar refractivity (Wildman–Crippen MR) is 78.0 cm³/mol. The van der Waals surface area contributed by atoms with Gasteiger partial charge < -0.3 is 5.11 Å². The van der Waals surface area contributed by atoms with E-state index in [1.54, 1.807) is 34.9 Å². The average molecular weight is 307 g/mol. The predicted octanol–water partition coefficient (Wildman–Crippen LogP) is 4.03. The SMILES string of the molecule is O=C(O)c1cccc2c1ncn2-c1cc(Cl)ccc1Cl. The zero-order valence-electron chi connectivity index (χ0n) is 10.0. The zero-order chi connectivity index (χ0) is 14.3. The number of halogens is 2. The molecular weight excluding hydrogens is 299 g/mol. The van der Waals surface area contributed by atoms with Gasteiger partial charge in [0.15, 0.2) is 0 Å². The molecule has 0 unspecified atom stereocenters. The Balaban J connectivity index is 2.31. The fraction of sp³-hybridized carbons (Fsp3) is 0. The van der Waals surface area contributed by atoms with Crippen molar-refractivity contribution in [1.29, 1.82) is 0 Å². The number of fused-ring (bicyclic) bond motifs is 1. The van der Waals surface area contributed by atoms with E-state index < -0.39 is 5.97 Å². The second kappa shape index (κ2) is 4.81. The van der Waals surface area contributed by atoms with Crippen LogP contribution in [0.2, 0.25) is 10.0 Å². The first-order chi connectivity index (χ1) is 9.58. The van der Waals surface area contributed by atoms with Gasteiger partial charge in [0.25, 0.3) is 0 Å². The Hall–Kier alpha value is -2.04. The van der Waals surface area contributed by atoms with Gasteiger partial charge in [-0.25, -0.2) is 9.78 Å². The Labute approximate surface area is 124 Å². The number of hydrogen-bond acceptors (Lipinski definition) is 2. The lowest BCUT2D eigenvalue weighted by Crippen LogP contribution is -1.98. The van der Waals surface area contributed by atoms with Crippen LogP contribution in [0, 0.1) is 0 Å². The highest BCUT2D eigenvalue weighted by Gasteiger charge is 2.14. The topological polar surface area (TPSA) is 55.1 Å². The summed E-state index contributed by atoms with van der Waals surface area (Å²) in [5, 5.41) is 10.2. The highest BCUT2D eigenvalue weighted by Crippen LogP contribution is 2.28. The fourth-order valence-electron chi connectivity index (χ4n) is 2.07. The summed E-state index contributed by atoms with van der Waals surface area (Å²) in [4.78, 5) is 15.4. The van der Waals surface area contributed by atoms with E-state index in [9.17, 15) is 4.79 Å². The van der Waals surface area contributed by atoms with Crippen LogP contribution in [-0.2, 0) is 0 Å². The molecule has 20 heavy (non-hydrogen) atoms. The van der Waals surface area contributed by atoms with Gasteiger partial charge in [-0.15, -0.1) is 0 Å². The Bertz CT molecular complexity index is 827. The molecular formula is C14H8Cl2N2O2. The van der Waals surface area contributed by atoms with Gasteiger partial charge in [0, 0.05) is 5.02 Å². The number of benzene rings is 2. The summed E-state index contributed by atoms with van der Waals surface area (Å²) in [6, 6.07) is 10.1. The first-order valence-electron chi connectivity index (χ1n) is 5.72. The highest BCUT2D eigenvalue weighted by atomic mass is 35.5. The molecule has 1 heterocycles. The molecule has 0 aliphatic carbocycles. The first-order valence-corrected chi connectivity index (χ1v) is 6.48. The van der Waals surface area contributed by atoms with Crippen molar-refractivity contribution in [1.82, 2.24) is 9.55 Å². The lowest BCUT2D eigenvalue weighted by atomic mass is 10.2. The van der Waals surface area contributed by atoms with Gasteiger partial charge in [0.05, 0.1) is 21.8 Å². The Morgan fingerprint density at radius 2 is 2.00 bits per heavy atom. The van der Waals surface area contributed by atoms with E-state index in [2.05, 4.69) is 4.98 Å². The lowest BCUT2D eigenvalue weighted by Gasteiger charge is -2.07. The van der Waals surface area contributed by atoms with Crippen LogP contribution in [0.5, 0.6) is 0 Å².